The van der Waals surface area contributed by atoms with Gasteiger partial charge in [-0.25, -0.2) is 0 Å². The summed E-state index contributed by atoms with van der Waals surface area (Å²) in [5, 5.41) is 12.4. The van der Waals surface area contributed by atoms with E-state index in [1.165, 1.54) is 30.2 Å². The Morgan fingerprint density at radius 2 is 1.79 bits per heavy atom. The summed E-state index contributed by atoms with van der Waals surface area (Å²) in [4.78, 5) is 12.2. The molecule has 0 atom stereocenters. The number of nitrogens with zero attached hydrogens (tertiary/aromatic N) is 3. The Hall–Kier alpha value is -2.80. The van der Waals surface area contributed by atoms with Gasteiger partial charge in [0.2, 0.25) is 5.91 Å². The molecule has 2 aromatic carbocycles. The van der Waals surface area contributed by atoms with Gasteiger partial charge in [0.25, 0.3) is 0 Å². The summed E-state index contributed by atoms with van der Waals surface area (Å²) in [6.07, 6.45) is 2.33. The van der Waals surface area contributed by atoms with Crippen LogP contribution in [0.2, 0.25) is 0 Å². The highest BCUT2D eigenvalue weighted by Crippen LogP contribution is 2.40. The van der Waals surface area contributed by atoms with Gasteiger partial charge in [-0.3, -0.25) is 4.79 Å². The third-order valence-corrected chi connectivity index (χ3v) is 5.61. The first-order chi connectivity index (χ1) is 14.3. The highest BCUT2D eigenvalue weighted by molar-refractivity contribution is 7.99. The zero-order valence-electron chi connectivity index (χ0n) is 16.2. The van der Waals surface area contributed by atoms with E-state index in [1.54, 1.807) is 0 Å². The predicted octanol–water partition coefficient (Wildman–Crippen LogP) is 3.49. The van der Waals surface area contributed by atoms with E-state index in [-0.39, 0.29) is 5.91 Å². The van der Waals surface area contributed by atoms with E-state index in [4.69, 9.17) is 4.74 Å². The van der Waals surface area contributed by atoms with E-state index in [2.05, 4.69) is 32.2 Å². The maximum atomic E-state index is 12.2. The molecule has 0 unspecified atom stereocenters. The second-order valence-electron chi connectivity index (χ2n) is 6.99. The third kappa shape index (κ3) is 5.60. The molecule has 0 aliphatic heterocycles. The van der Waals surface area contributed by atoms with Crippen LogP contribution in [0.1, 0.15) is 30.1 Å². The van der Waals surface area contributed by atoms with Crippen molar-refractivity contribution in [1.82, 2.24) is 20.1 Å². The van der Waals surface area contributed by atoms with Crippen LogP contribution in [0, 0.1) is 0 Å². The predicted molar refractivity (Wildman–Crippen MR) is 113 cm³/mol. The molecule has 1 aromatic heterocycles. The van der Waals surface area contributed by atoms with Crippen LogP contribution >= 0.6 is 11.8 Å². The summed E-state index contributed by atoms with van der Waals surface area (Å²) >= 11 is 1.43. The van der Waals surface area contributed by atoms with E-state index in [1.807, 2.05) is 48.5 Å². The van der Waals surface area contributed by atoms with Crippen molar-refractivity contribution in [3.05, 3.63) is 72.1 Å². The van der Waals surface area contributed by atoms with Crippen molar-refractivity contribution in [3.63, 3.8) is 0 Å². The molecule has 6 nitrogen and oxygen atoms in total. The smallest absolute Gasteiger partial charge is 0.230 e. The number of nitrogens with one attached hydrogen (secondary N) is 1. The van der Waals surface area contributed by atoms with Gasteiger partial charge in [-0.1, -0.05) is 60.3 Å². The Balaban J connectivity index is 1.28. The molecule has 0 spiro atoms. The van der Waals surface area contributed by atoms with Crippen LogP contribution in [-0.4, -0.2) is 39.6 Å². The van der Waals surface area contributed by atoms with Crippen LogP contribution in [-0.2, 0) is 11.3 Å². The van der Waals surface area contributed by atoms with E-state index in [0.717, 1.165) is 23.3 Å². The molecule has 1 saturated carbocycles. The minimum atomic E-state index is -0.0334. The molecule has 29 heavy (non-hydrogen) atoms. The van der Waals surface area contributed by atoms with Crippen molar-refractivity contribution in [2.45, 2.75) is 30.5 Å². The van der Waals surface area contributed by atoms with Crippen LogP contribution in [0.5, 0.6) is 5.75 Å². The van der Waals surface area contributed by atoms with Gasteiger partial charge in [0.15, 0.2) is 5.16 Å². The molecule has 1 N–H and O–H groups in total. The minimum Gasteiger partial charge on any atom is -0.492 e. The molecule has 7 heteroatoms. The van der Waals surface area contributed by atoms with Gasteiger partial charge in [-0.15, -0.1) is 10.2 Å². The van der Waals surface area contributed by atoms with Crippen LogP contribution < -0.4 is 10.1 Å². The Kier molecular flexibility index (Phi) is 6.46. The van der Waals surface area contributed by atoms with Crippen LogP contribution in [0.4, 0.5) is 0 Å². The number of thioether (sulfide) groups is 1. The Morgan fingerprint density at radius 3 is 2.52 bits per heavy atom. The van der Waals surface area contributed by atoms with Crippen LogP contribution in [0.15, 0.2) is 65.8 Å². The second-order valence-corrected chi connectivity index (χ2v) is 7.93. The fourth-order valence-electron chi connectivity index (χ4n) is 3.02. The van der Waals surface area contributed by atoms with Crippen LogP contribution in [0.25, 0.3) is 0 Å². The van der Waals surface area contributed by atoms with Gasteiger partial charge in [-0.2, -0.15) is 0 Å². The first kappa shape index (κ1) is 19.5. The van der Waals surface area contributed by atoms with Crippen molar-refractivity contribution in [1.29, 1.82) is 0 Å². The molecular weight excluding hydrogens is 384 g/mol. The van der Waals surface area contributed by atoms with Gasteiger partial charge in [-0.05, 0) is 30.5 Å². The lowest BCUT2D eigenvalue weighted by atomic mass is 10.2. The molecule has 0 saturated heterocycles. The molecule has 3 aromatic rings. The topological polar surface area (TPSA) is 69.0 Å². The lowest BCUT2D eigenvalue weighted by Gasteiger charge is -2.10. The zero-order chi connectivity index (χ0) is 19.9. The van der Waals surface area contributed by atoms with E-state index < -0.39 is 0 Å². The van der Waals surface area contributed by atoms with E-state index in [9.17, 15) is 4.79 Å². The number of benzene rings is 2. The Labute approximate surface area is 174 Å². The van der Waals surface area contributed by atoms with Gasteiger partial charge in [0, 0.05) is 5.92 Å². The lowest BCUT2D eigenvalue weighted by molar-refractivity contribution is -0.118. The largest absolute Gasteiger partial charge is 0.492 e. The maximum Gasteiger partial charge on any atom is 0.230 e. The molecular formula is C22H24N4O2S. The first-order valence-electron chi connectivity index (χ1n) is 9.84. The standard InChI is InChI=1S/C22H24N4O2S/c27-20(23-13-14-28-19-9-5-2-6-10-19)16-29-22-25-24-21(18-11-12-18)26(22)15-17-7-3-1-4-8-17/h1-10,18H,11-16H2,(H,23,27). The highest BCUT2D eigenvalue weighted by atomic mass is 32.2. The number of hydrogen-bond acceptors (Lipinski definition) is 5. The average Bonchev–Trinajstić information content (AvgIpc) is 3.53. The average molecular weight is 409 g/mol. The third-order valence-electron chi connectivity index (χ3n) is 4.64. The quantitative estimate of drug-likeness (QED) is 0.411. The Morgan fingerprint density at radius 1 is 1.07 bits per heavy atom. The highest BCUT2D eigenvalue weighted by Gasteiger charge is 2.30. The van der Waals surface area contributed by atoms with Gasteiger partial charge < -0.3 is 14.6 Å². The number of para-hydroxylation sites is 1. The summed E-state index contributed by atoms with van der Waals surface area (Å²) in [6.45, 7) is 1.64. The number of rotatable bonds is 10. The normalized spacial score (nSPS) is 13.2. The summed E-state index contributed by atoms with van der Waals surface area (Å²) in [6, 6.07) is 19.9. The van der Waals surface area contributed by atoms with Crippen molar-refractivity contribution in [2.75, 3.05) is 18.9 Å². The molecule has 150 valence electrons. The number of aromatic nitrogens is 3. The first-order valence-corrected chi connectivity index (χ1v) is 10.8. The van der Waals surface area contributed by atoms with Crippen LogP contribution in [0.3, 0.4) is 0 Å². The summed E-state index contributed by atoms with van der Waals surface area (Å²) in [5.74, 6) is 2.62. The number of hydrogen-bond donors (Lipinski definition) is 1. The Bertz CT molecular complexity index is 927. The maximum absolute atomic E-state index is 12.2. The number of ether oxygens (including phenoxy) is 1. The molecule has 0 radical (unpaired) electrons. The van der Waals surface area contributed by atoms with Crippen molar-refractivity contribution < 1.29 is 9.53 Å². The molecule has 1 aliphatic carbocycles. The molecule has 1 amide bonds. The number of amides is 1. The summed E-state index contributed by atoms with van der Waals surface area (Å²) in [7, 11) is 0. The lowest BCUT2D eigenvalue weighted by Crippen LogP contribution is -2.29. The van der Waals surface area contributed by atoms with E-state index in [0.29, 0.717) is 24.8 Å². The van der Waals surface area contributed by atoms with Crippen molar-refractivity contribution in [3.8, 4) is 5.75 Å². The second kappa shape index (κ2) is 9.60. The van der Waals surface area contributed by atoms with Crippen molar-refractivity contribution in [2.24, 2.45) is 0 Å². The van der Waals surface area contributed by atoms with Gasteiger partial charge >= 0.3 is 0 Å². The molecule has 4 rings (SSSR count). The van der Waals surface area contributed by atoms with Crippen molar-refractivity contribution >= 4 is 17.7 Å². The molecule has 1 fully saturated rings. The SMILES string of the molecule is O=C(CSc1nnc(C2CC2)n1Cc1ccccc1)NCCOc1ccccc1. The fraction of sp³-hybridized carbons (Fsp3) is 0.318. The van der Waals surface area contributed by atoms with Gasteiger partial charge in [0.05, 0.1) is 18.8 Å². The molecule has 1 aliphatic rings. The summed E-state index contributed by atoms with van der Waals surface area (Å²) in [5.41, 5.74) is 1.21. The molecule has 1 heterocycles. The zero-order valence-corrected chi connectivity index (χ0v) is 17.0. The minimum absolute atomic E-state index is 0.0334. The van der Waals surface area contributed by atoms with Gasteiger partial charge in [0.1, 0.15) is 18.2 Å². The fourth-order valence-corrected chi connectivity index (χ4v) is 3.80. The molecule has 0 bridgehead atoms. The number of carbonyl (C=O) groups excluding carboxylic acids is 1. The number of carbonyl (C=O) groups is 1. The monoisotopic (exact) mass is 408 g/mol. The summed E-state index contributed by atoms with van der Waals surface area (Å²) < 4.78 is 7.75. The van der Waals surface area contributed by atoms with E-state index >= 15 is 0 Å².